The molecule has 1 aromatic heterocycles. The molecule has 0 aromatic carbocycles. The largest absolute Gasteiger partial charge is 0.478 e. The van der Waals surface area contributed by atoms with Crippen LogP contribution in [0.15, 0.2) is 0 Å². The molecule has 1 heterocycles. The number of anilines is 1. The predicted molar refractivity (Wildman–Crippen MR) is 71.0 cm³/mol. The number of carboxylic acids is 1. The minimum Gasteiger partial charge on any atom is -0.478 e. The van der Waals surface area contributed by atoms with Gasteiger partial charge in [0.1, 0.15) is 10.6 Å². The Hall–Kier alpha value is -1.23. The molecular weight excluding hydrogens is 294 g/mol. The van der Waals surface area contributed by atoms with E-state index in [4.69, 9.17) is 9.84 Å². The van der Waals surface area contributed by atoms with Crippen LogP contribution in [0, 0.1) is 6.92 Å². The summed E-state index contributed by atoms with van der Waals surface area (Å²) in [6.45, 7) is 1.84. The van der Waals surface area contributed by atoms with Crippen molar-refractivity contribution in [2.75, 3.05) is 31.6 Å². The molecule has 2 N–H and O–H groups in total. The Labute approximate surface area is 115 Å². The van der Waals surface area contributed by atoms with E-state index in [1.807, 2.05) is 0 Å². The molecule has 0 bridgehead atoms. The molecule has 0 saturated heterocycles. The summed E-state index contributed by atoms with van der Waals surface area (Å²) in [5.41, 5.74) is 0.177. The van der Waals surface area contributed by atoms with E-state index < -0.39 is 16.2 Å². The third kappa shape index (κ3) is 3.62. The van der Waals surface area contributed by atoms with Gasteiger partial charge in [-0.2, -0.15) is 17.5 Å². The van der Waals surface area contributed by atoms with Gasteiger partial charge >= 0.3 is 16.2 Å². The first-order chi connectivity index (χ1) is 8.81. The van der Waals surface area contributed by atoms with E-state index in [1.54, 1.807) is 0 Å². The van der Waals surface area contributed by atoms with Crippen LogP contribution in [0.1, 0.15) is 16.1 Å². The lowest BCUT2D eigenvalue weighted by atomic mass is 10.2. The van der Waals surface area contributed by atoms with E-state index in [-0.39, 0.29) is 29.4 Å². The van der Waals surface area contributed by atoms with E-state index in [0.717, 1.165) is 15.8 Å². The van der Waals surface area contributed by atoms with Gasteiger partial charge in [0, 0.05) is 20.7 Å². The van der Waals surface area contributed by atoms with Crippen molar-refractivity contribution < 1.29 is 23.1 Å². The highest BCUT2D eigenvalue weighted by molar-refractivity contribution is 7.91. The summed E-state index contributed by atoms with van der Waals surface area (Å²) in [6, 6.07) is 0. The van der Waals surface area contributed by atoms with Crippen LogP contribution in [-0.4, -0.2) is 51.2 Å². The second-order valence-corrected chi connectivity index (χ2v) is 6.15. The number of rotatable bonds is 7. The quantitative estimate of drug-likeness (QED) is 0.690. The fourth-order valence-electron chi connectivity index (χ4n) is 1.30. The van der Waals surface area contributed by atoms with Gasteiger partial charge in [-0.15, -0.1) is 0 Å². The smallest absolute Gasteiger partial charge is 0.340 e. The highest BCUT2D eigenvalue weighted by Gasteiger charge is 2.27. The number of carbonyl (C=O) groups is 1. The topological polar surface area (TPSA) is 109 Å². The van der Waals surface area contributed by atoms with Crippen molar-refractivity contribution in [3.05, 3.63) is 11.3 Å². The summed E-state index contributed by atoms with van der Waals surface area (Å²) < 4.78 is 35.6. The molecule has 0 spiro atoms. The zero-order valence-corrected chi connectivity index (χ0v) is 12.3. The van der Waals surface area contributed by atoms with Gasteiger partial charge in [0.15, 0.2) is 0 Å². The average Bonchev–Trinajstić information content (AvgIpc) is 2.70. The van der Waals surface area contributed by atoms with Crippen LogP contribution in [0.5, 0.6) is 0 Å². The molecule has 0 fully saturated rings. The van der Waals surface area contributed by atoms with Crippen molar-refractivity contribution in [3.63, 3.8) is 0 Å². The number of carboxylic acid groups (broad SMARTS) is 1. The maximum absolute atomic E-state index is 11.9. The van der Waals surface area contributed by atoms with E-state index >= 15 is 0 Å². The maximum atomic E-state index is 11.9. The molecule has 19 heavy (non-hydrogen) atoms. The summed E-state index contributed by atoms with van der Waals surface area (Å²) in [7, 11) is -1.09. The average molecular weight is 309 g/mol. The van der Waals surface area contributed by atoms with Gasteiger partial charge in [0.2, 0.25) is 0 Å². The lowest BCUT2D eigenvalue weighted by molar-refractivity contribution is 0.0697. The van der Waals surface area contributed by atoms with Gasteiger partial charge in [-0.25, -0.2) is 9.10 Å². The number of hydrogen-bond acceptors (Lipinski definition) is 6. The van der Waals surface area contributed by atoms with Crippen LogP contribution >= 0.6 is 11.5 Å². The number of aromatic carboxylic acids is 1. The minimum atomic E-state index is -3.82. The fourth-order valence-corrected chi connectivity index (χ4v) is 3.29. The lowest BCUT2D eigenvalue weighted by Gasteiger charge is -2.18. The van der Waals surface area contributed by atoms with Crippen molar-refractivity contribution in [1.29, 1.82) is 0 Å². The van der Waals surface area contributed by atoms with Crippen LogP contribution in [0.25, 0.3) is 0 Å². The predicted octanol–water partition coefficient (Wildman–Crippen LogP) is 0.0667. The normalized spacial score (nSPS) is 11.5. The summed E-state index contributed by atoms with van der Waals surface area (Å²) >= 11 is 0.823. The highest BCUT2D eigenvalue weighted by atomic mass is 32.2. The Morgan fingerprint density at radius 1 is 1.58 bits per heavy atom. The SMILES string of the molecule is COCCNS(=O)(=O)N(C)c1snc(C)c1C(=O)O. The van der Waals surface area contributed by atoms with Gasteiger partial charge in [0.25, 0.3) is 0 Å². The summed E-state index contributed by atoms with van der Waals surface area (Å²) in [6.07, 6.45) is 0. The van der Waals surface area contributed by atoms with E-state index in [9.17, 15) is 13.2 Å². The van der Waals surface area contributed by atoms with Crippen LogP contribution in [0.2, 0.25) is 0 Å². The molecule has 0 aliphatic carbocycles. The standard InChI is InChI=1S/C9H15N3O5S2/c1-6-7(9(13)14)8(18-11-6)12(2)19(15,16)10-4-5-17-3/h10H,4-5H2,1-3H3,(H,13,14). The second-order valence-electron chi connectivity index (χ2n) is 3.61. The number of hydrogen-bond donors (Lipinski definition) is 2. The van der Waals surface area contributed by atoms with E-state index in [1.165, 1.54) is 21.1 Å². The first-order valence-electron chi connectivity index (χ1n) is 5.23. The monoisotopic (exact) mass is 309 g/mol. The van der Waals surface area contributed by atoms with Gasteiger partial charge in [-0.1, -0.05) is 0 Å². The number of ether oxygens (including phenoxy) is 1. The van der Waals surface area contributed by atoms with Crippen LogP contribution in [-0.2, 0) is 14.9 Å². The minimum absolute atomic E-state index is 0.0647. The fraction of sp³-hybridized carbons (Fsp3) is 0.556. The molecule has 0 radical (unpaired) electrons. The molecule has 10 heteroatoms. The van der Waals surface area contributed by atoms with Gasteiger partial charge in [-0.05, 0) is 18.5 Å². The summed E-state index contributed by atoms with van der Waals surface area (Å²) in [4.78, 5) is 11.1. The van der Waals surface area contributed by atoms with Crippen LogP contribution in [0.3, 0.4) is 0 Å². The van der Waals surface area contributed by atoms with Crippen molar-refractivity contribution in [3.8, 4) is 0 Å². The highest BCUT2D eigenvalue weighted by Crippen LogP contribution is 2.29. The van der Waals surface area contributed by atoms with Crippen LogP contribution in [0.4, 0.5) is 5.00 Å². The third-order valence-electron chi connectivity index (χ3n) is 2.30. The zero-order chi connectivity index (χ0) is 14.6. The molecule has 1 rings (SSSR count). The molecule has 108 valence electrons. The molecular formula is C9H15N3O5S2. The number of aromatic nitrogens is 1. The van der Waals surface area contributed by atoms with Crippen molar-refractivity contribution in [2.24, 2.45) is 0 Å². The summed E-state index contributed by atoms with van der Waals surface area (Å²) in [5, 5.41) is 9.13. The van der Waals surface area contributed by atoms with Crippen molar-refractivity contribution >= 4 is 32.7 Å². The Bertz CT molecular complexity index is 554. The molecule has 0 saturated carbocycles. The lowest BCUT2D eigenvalue weighted by Crippen LogP contribution is -2.39. The van der Waals surface area contributed by atoms with Gasteiger partial charge in [-0.3, -0.25) is 0 Å². The molecule has 0 amide bonds. The van der Waals surface area contributed by atoms with Gasteiger partial charge in [0.05, 0.1) is 12.3 Å². The van der Waals surface area contributed by atoms with Gasteiger partial charge < -0.3 is 9.84 Å². The maximum Gasteiger partial charge on any atom is 0.340 e. The molecule has 8 nitrogen and oxygen atoms in total. The summed E-state index contributed by atoms with van der Waals surface area (Å²) in [5.74, 6) is -1.21. The van der Waals surface area contributed by atoms with Crippen LogP contribution < -0.4 is 9.03 Å². The Morgan fingerprint density at radius 3 is 2.74 bits per heavy atom. The van der Waals surface area contributed by atoms with Crippen molar-refractivity contribution in [2.45, 2.75) is 6.92 Å². The first kappa shape index (κ1) is 15.8. The molecule has 0 aliphatic heterocycles. The Kier molecular flexibility index (Phi) is 5.23. The number of methoxy groups -OCH3 is 1. The van der Waals surface area contributed by atoms with E-state index in [2.05, 4.69) is 9.10 Å². The first-order valence-corrected chi connectivity index (χ1v) is 7.44. The number of nitrogens with one attached hydrogen (secondary N) is 1. The van der Waals surface area contributed by atoms with Crippen molar-refractivity contribution in [1.82, 2.24) is 9.10 Å². The molecule has 0 aliphatic rings. The molecule has 0 unspecified atom stereocenters. The number of aryl methyl sites for hydroxylation is 1. The molecule has 1 aromatic rings. The second kappa shape index (κ2) is 6.28. The zero-order valence-electron chi connectivity index (χ0n) is 10.7. The Morgan fingerprint density at radius 2 is 2.21 bits per heavy atom. The number of nitrogens with zero attached hydrogens (tertiary/aromatic N) is 2. The third-order valence-corrected chi connectivity index (χ3v) is 4.90. The Balaban J connectivity index is 3.00. The molecule has 0 atom stereocenters. The van der Waals surface area contributed by atoms with E-state index in [0.29, 0.717) is 0 Å².